The maximum absolute atomic E-state index is 10.3. The van der Waals surface area contributed by atoms with E-state index in [4.69, 9.17) is 33.0 Å². The van der Waals surface area contributed by atoms with E-state index in [-0.39, 0.29) is 56.5 Å². The average molecular weight is 475 g/mol. The molecule has 0 aliphatic heterocycles. The smallest absolute Gasteiger partial charge is 0.121 e. The minimum Gasteiger partial charge on any atom is -0.493 e. The molecule has 1 radical (unpaired) electrons. The van der Waals surface area contributed by atoms with Crippen molar-refractivity contribution in [3.63, 3.8) is 0 Å². The number of halogens is 2. The van der Waals surface area contributed by atoms with Crippen LogP contribution in [-0.2, 0) is 39.1 Å². The number of aliphatic hydroxyl groups excluding tert-OH is 2. The Hall–Kier alpha value is 0.364. The van der Waals surface area contributed by atoms with Crippen LogP contribution in [0.2, 0.25) is 5.02 Å². The van der Waals surface area contributed by atoms with Gasteiger partial charge in [-0.15, -0.1) is 11.6 Å². The van der Waals surface area contributed by atoms with Crippen LogP contribution in [0.1, 0.15) is 31.2 Å². The third-order valence-corrected chi connectivity index (χ3v) is 5.42. The first-order valence-corrected chi connectivity index (χ1v) is 9.66. The van der Waals surface area contributed by atoms with Gasteiger partial charge in [0.2, 0.25) is 0 Å². The number of rotatable bonds is 9. The predicted molar refractivity (Wildman–Crippen MR) is 103 cm³/mol. The number of allylic oxidation sites excluding steroid dienone is 2. The molecule has 6 heteroatoms. The quantitative estimate of drug-likeness (QED) is 0.316. The van der Waals surface area contributed by atoms with Gasteiger partial charge in [0.1, 0.15) is 5.75 Å². The van der Waals surface area contributed by atoms with Crippen molar-refractivity contribution in [1.29, 1.82) is 0 Å². The van der Waals surface area contributed by atoms with Crippen LogP contribution in [-0.4, -0.2) is 34.9 Å². The predicted octanol–water partition coefficient (Wildman–Crippen LogP) is 4.42. The molecule has 0 bridgehead atoms. The summed E-state index contributed by atoms with van der Waals surface area (Å²) in [6, 6.07) is 5.45. The second kappa shape index (κ2) is 12.7. The monoisotopic (exact) mass is 474 g/mol. The third-order valence-electron chi connectivity index (χ3n) is 4.70. The minimum absolute atomic E-state index is 0. The van der Waals surface area contributed by atoms with Crippen LogP contribution in [0.5, 0.6) is 5.75 Å². The molecule has 3 nitrogen and oxygen atoms in total. The fourth-order valence-corrected chi connectivity index (χ4v) is 4.07. The molecular weight excluding hydrogens is 448 g/mol. The number of benzene rings is 1. The Morgan fingerprint density at radius 2 is 2.00 bits per heavy atom. The topological polar surface area (TPSA) is 49.7 Å². The van der Waals surface area contributed by atoms with Gasteiger partial charge in [-0.25, -0.2) is 0 Å². The van der Waals surface area contributed by atoms with E-state index in [2.05, 4.69) is 19.1 Å². The van der Waals surface area contributed by atoms with E-state index in [9.17, 15) is 5.11 Å². The maximum atomic E-state index is 10.3. The minimum atomic E-state index is -0.454. The molecule has 0 heterocycles. The number of hydrogen-bond acceptors (Lipinski definition) is 3. The molecule has 1 aromatic rings. The second-order valence-electron chi connectivity index (χ2n) is 6.58. The summed E-state index contributed by atoms with van der Waals surface area (Å²) in [4.78, 5) is 0. The summed E-state index contributed by atoms with van der Waals surface area (Å²) in [6.45, 7) is 4.29. The van der Waals surface area contributed by atoms with E-state index < -0.39 is 6.10 Å². The molecule has 1 fully saturated rings. The van der Waals surface area contributed by atoms with E-state index in [1.165, 1.54) is 0 Å². The molecule has 1 aromatic carbocycles. The van der Waals surface area contributed by atoms with E-state index in [0.29, 0.717) is 30.2 Å². The van der Waals surface area contributed by atoms with Gasteiger partial charge in [-0.1, -0.05) is 30.2 Å². The van der Waals surface area contributed by atoms with Gasteiger partial charge in [0, 0.05) is 55.6 Å². The Morgan fingerprint density at radius 1 is 1.23 bits per heavy atom. The Kier molecular flexibility index (Phi) is 12.0. The normalized spacial score (nSPS) is 25.4. The molecule has 1 saturated carbocycles. The Bertz CT molecular complexity index is 568. The van der Waals surface area contributed by atoms with Crippen LogP contribution in [0, 0.1) is 18.8 Å². The third kappa shape index (κ3) is 7.41. The van der Waals surface area contributed by atoms with Gasteiger partial charge in [-0.2, -0.15) is 6.42 Å². The molecule has 0 aromatic heterocycles. The van der Waals surface area contributed by atoms with Gasteiger partial charge in [-0.05, 0) is 48.9 Å². The standard InChI is InChI=1S/C20H27Cl2O3.Y/c1-2-3-4-5-6-17-18(20(24)12-19(17)22)13-25-16-10-14(7-8-23)9-15(21)11-16;/h4-5,9-11,17-20,23-24H,1-3,6-8,12-13H2;/q-1;/b5-4-;/t17-,18-,19-,20-;/m1./s1. The number of ether oxygens (including phenoxy) is 1. The Labute approximate surface area is 192 Å². The number of alkyl halides is 1. The van der Waals surface area contributed by atoms with Crippen molar-refractivity contribution in [2.24, 2.45) is 11.8 Å². The van der Waals surface area contributed by atoms with E-state index >= 15 is 0 Å². The summed E-state index contributed by atoms with van der Waals surface area (Å²) in [5, 5.41) is 20.0. The average Bonchev–Trinajstić information content (AvgIpc) is 2.83. The molecular formula is C20H27Cl2O3Y-. The molecule has 26 heavy (non-hydrogen) atoms. The summed E-state index contributed by atoms with van der Waals surface area (Å²) in [5.74, 6) is 0.841. The first kappa shape index (κ1) is 24.4. The summed E-state index contributed by atoms with van der Waals surface area (Å²) in [6.07, 6.45) is 7.60. The summed E-state index contributed by atoms with van der Waals surface area (Å²) >= 11 is 12.6. The largest absolute Gasteiger partial charge is 0.493 e. The fraction of sp³-hybridized carbons (Fsp3) is 0.550. The van der Waals surface area contributed by atoms with Gasteiger partial charge >= 0.3 is 0 Å². The van der Waals surface area contributed by atoms with Crippen molar-refractivity contribution >= 4 is 23.2 Å². The van der Waals surface area contributed by atoms with Gasteiger partial charge in [-0.3, -0.25) is 0 Å². The molecule has 4 atom stereocenters. The fourth-order valence-electron chi connectivity index (χ4n) is 3.35. The number of unbranched alkanes of at least 4 members (excludes halogenated alkanes) is 1. The van der Waals surface area contributed by atoms with Crippen molar-refractivity contribution in [1.82, 2.24) is 0 Å². The van der Waals surface area contributed by atoms with Crippen molar-refractivity contribution in [2.45, 2.75) is 43.6 Å². The molecule has 2 N–H and O–H groups in total. The summed E-state index contributed by atoms with van der Waals surface area (Å²) < 4.78 is 5.92. The molecule has 1 aliphatic rings. The van der Waals surface area contributed by atoms with Gasteiger partial charge in [0.05, 0.1) is 12.7 Å². The zero-order chi connectivity index (χ0) is 18.2. The molecule has 2 rings (SSSR count). The number of hydrogen-bond donors (Lipinski definition) is 2. The maximum Gasteiger partial charge on any atom is 0.121 e. The zero-order valence-corrected chi connectivity index (χ0v) is 19.3. The van der Waals surface area contributed by atoms with Crippen LogP contribution in [0.15, 0.2) is 30.4 Å². The van der Waals surface area contributed by atoms with Crippen molar-refractivity contribution in [2.75, 3.05) is 13.2 Å². The molecule has 143 valence electrons. The van der Waals surface area contributed by atoms with Crippen molar-refractivity contribution in [3.05, 3.63) is 47.9 Å². The molecule has 0 saturated heterocycles. The van der Waals surface area contributed by atoms with Gasteiger partial charge < -0.3 is 21.9 Å². The van der Waals surface area contributed by atoms with Crippen LogP contribution >= 0.6 is 23.2 Å². The van der Waals surface area contributed by atoms with Gasteiger partial charge in [0.15, 0.2) is 0 Å². The van der Waals surface area contributed by atoms with Crippen LogP contribution in [0.25, 0.3) is 0 Å². The molecule has 0 spiro atoms. The molecule has 0 unspecified atom stereocenters. The summed E-state index contributed by atoms with van der Waals surface area (Å²) in [7, 11) is 0. The van der Waals surface area contributed by atoms with Crippen molar-refractivity contribution < 1.29 is 47.7 Å². The van der Waals surface area contributed by atoms with Crippen molar-refractivity contribution in [3.8, 4) is 5.75 Å². The van der Waals surface area contributed by atoms with E-state index in [1.54, 1.807) is 6.07 Å². The number of aliphatic hydroxyl groups is 2. The zero-order valence-electron chi connectivity index (χ0n) is 15.0. The Balaban J connectivity index is 0.00000338. The van der Waals surface area contributed by atoms with E-state index in [1.807, 2.05) is 12.1 Å². The van der Waals surface area contributed by atoms with E-state index in [0.717, 1.165) is 24.8 Å². The SMILES string of the molecule is [CH2-]CC/C=C\C[C@@H]1[C@@H](COc2cc(Cl)cc(CCO)c2)[C@H](O)C[C@H]1Cl.[Y]. The van der Waals surface area contributed by atoms with Crippen LogP contribution < -0.4 is 4.74 Å². The second-order valence-corrected chi connectivity index (χ2v) is 7.57. The molecule has 1 aliphatic carbocycles. The first-order chi connectivity index (χ1) is 12.0. The first-order valence-electron chi connectivity index (χ1n) is 8.84. The van der Waals surface area contributed by atoms with Gasteiger partial charge in [0.25, 0.3) is 0 Å². The molecule has 0 amide bonds. The van der Waals surface area contributed by atoms with Crippen LogP contribution in [0.4, 0.5) is 0 Å². The Morgan fingerprint density at radius 3 is 2.69 bits per heavy atom. The summed E-state index contributed by atoms with van der Waals surface area (Å²) in [5.41, 5.74) is 0.930. The van der Waals surface area contributed by atoms with Crippen LogP contribution in [0.3, 0.4) is 0 Å².